The quantitative estimate of drug-likeness (QED) is 0.633. The van der Waals surface area contributed by atoms with Crippen molar-refractivity contribution in [3.05, 3.63) is 14.7 Å². The highest BCUT2D eigenvalue weighted by Gasteiger charge is 2.43. The molecule has 0 spiro atoms. The Bertz CT molecular complexity index is 236. The lowest BCUT2D eigenvalue weighted by Gasteiger charge is -2.31. The molecule has 0 saturated carbocycles. The van der Waals surface area contributed by atoms with Gasteiger partial charge in [-0.3, -0.25) is 0 Å². The van der Waals surface area contributed by atoms with Crippen LogP contribution >= 0.6 is 0 Å². The van der Waals surface area contributed by atoms with Gasteiger partial charge in [0.25, 0.3) is 0 Å². The summed E-state index contributed by atoms with van der Waals surface area (Å²) < 4.78 is 4.93. The molecule has 1 heterocycles. The van der Waals surface area contributed by atoms with E-state index in [0.717, 1.165) is 0 Å². The third-order valence-electron chi connectivity index (χ3n) is 2.16. The van der Waals surface area contributed by atoms with Crippen LogP contribution in [0.5, 0.6) is 0 Å². The first-order valence-corrected chi connectivity index (χ1v) is 3.98. The van der Waals surface area contributed by atoms with Crippen molar-refractivity contribution in [1.82, 2.24) is 0 Å². The van der Waals surface area contributed by atoms with E-state index in [1.807, 2.05) is 0 Å². The Balaban J connectivity index is 2.82. The zero-order chi connectivity index (χ0) is 10.6. The Hall–Kier alpha value is -1.28. The van der Waals surface area contributed by atoms with Crippen LogP contribution in [0.2, 0.25) is 0 Å². The Morgan fingerprint density at radius 3 is 2.21 bits per heavy atom. The van der Waals surface area contributed by atoms with Crippen LogP contribution in [0.3, 0.4) is 0 Å². The number of hydrogen-bond acceptors (Lipinski definition) is 8. The molecule has 78 valence electrons. The van der Waals surface area contributed by atoms with Crippen molar-refractivity contribution in [2.24, 2.45) is 15.5 Å². The topological polar surface area (TPSA) is 118 Å². The van der Waals surface area contributed by atoms with E-state index in [2.05, 4.69) is 15.5 Å². The van der Waals surface area contributed by atoms with Crippen molar-refractivity contribution in [2.75, 3.05) is 13.2 Å². The molecule has 1 aliphatic heterocycles. The van der Waals surface area contributed by atoms with Crippen molar-refractivity contribution < 1.29 is 9.84 Å². The van der Waals surface area contributed by atoms with E-state index in [-0.39, 0.29) is 6.61 Å². The summed E-state index contributed by atoms with van der Waals surface area (Å²) in [6.07, 6.45) is -0.881. The highest BCUT2D eigenvalue weighted by molar-refractivity contribution is 4.99. The first-order chi connectivity index (χ1) is 6.78. The van der Waals surface area contributed by atoms with Gasteiger partial charge < -0.3 is 9.84 Å². The van der Waals surface area contributed by atoms with Crippen molar-refractivity contribution >= 4 is 0 Å². The van der Waals surface area contributed by atoms with Crippen molar-refractivity contribution in [3.8, 4) is 0 Å². The molecule has 1 fully saturated rings. The predicted octanol–water partition coefficient (Wildman–Crippen LogP) is -0.218. The van der Waals surface area contributed by atoms with Crippen LogP contribution in [0.1, 0.15) is 0 Å². The van der Waals surface area contributed by atoms with Gasteiger partial charge in [0, 0.05) is 0 Å². The minimum atomic E-state index is -1.14. The molecule has 0 aromatic rings. The van der Waals surface area contributed by atoms with Gasteiger partial charge >= 0.3 is 0 Å². The smallest absolute Gasteiger partial charge is 0.148 e. The van der Waals surface area contributed by atoms with Crippen molar-refractivity contribution in [2.45, 2.75) is 24.2 Å². The molecule has 2 unspecified atom stereocenters. The SMILES string of the molecule is O=NC1C(N=O)[C@@H](CO)OC[C@@H]1N=O. The third-order valence-corrected chi connectivity index (χ3v) is 2.16. The van der Waals surface area contributed by atoms with Gasteiger partial charge in [-0.2, -0.15) is 14.7 Å². The summed E-state index contributed by atoms with van der Waals surface area (Å²) >= 11 is 0. The maximum Gasteiger partial charge on any atom is 0.148 e. The van der Waals surface area contributed by atoms with Crippen molar-refractivity contribution in [1.29, 1.82) is 0 Å². The number of rotatable bonds is 4. The molecule has 1 N–H and O–H groups in total. The Labute approximate surface area is 78.6 Å². The number of ether oxygens (including phenoxy) is 1. The fraction of sp³-hybridized carbons (Fsp3) is 1.00. The first-order valence-electron chi connectivity index (χ1n) is 3.98. The molecule has 8 heteroatoms. The summed E-state index contributed by atoms with van der Waals surface area (Å²) in [7, 11) is 0. The summed E-state index contributed by atoms with van der Waals surface area (Å²) in [4.78, 5) is 31.0. The van der Waals surface area contributed by atoms with Crippen molar-refractivity contribution in [3.63, 3.8) is 0 Å². The van der Waals surface area contributed by atoms with E-state index in [1.54, 1.807) is 0 Å². The predicted molar refractivity (Wildman–Crippen MR) is 45.6 cm³/mol. The van der Waals surface area contributed by atoms with Gasteiger partial charge in [0.05, 0.1) is 13.2 Å². The van der Waals surface area contributed by atoms with Crippen LogP contribution in [-0.4, -0.2) is 42.5 Å². The van der Waals surface area contributed by atoms with Gasteiger partial charge in [-0.15, -0.1) is 0 Å². The molecule has 1 aliphatic rings. The molecule has 14 heavy (non-hydrogen) atoms. The zero-order valence-corrected chi connectivity index (χ0v) is 7.15. The van der Waals surface area contributed by atoms with Gasteiger partial charge in [-0.1, -0.05) is 15.5 Å². The van der Waals surface area contributed by atoms with E-state index in [4.69, 9.17) is 9.84 Å². The van der Waals surface area contributed by atoms with Gasteiger partial charge in [0.1, 0.15) is 24.2 Å². The lowest BCUT2D eigenvalue weighted by Crippen LogP contribution is -2.51. The van der Waals surface area contributed by atoms with Gasteiger partial charge in [-0.25, -0.2) is 0 Å². The Morgan fingerprint density at radius 2 is 1.79 bits per heavy atom. The van der Waals surface area contributed by atoms with Crippen LogP contribution in [0.4, 0.5) is 0 Å². The molecule has 0 aromatic carbocycles. The fourth-order valence-corrected chi connectivity index (χ4v) is 1.38. The highest BCUT2D eigenvalue weighted by atomic mass is 16.5. The average molecular weight is 203 g/mol. The second kappa shape index (κ2) is 4.82. The standard InChI is InChI=1S/C6H9N3O5/c10-1-4-6(9-13)5(8-12)3(7-11)2-14-4/h3-6,10H,1-2H2/t3-,4+,5?,6?/m0/s1. The normalized spacial score (nSPS) is 37.5. The Kier molecular flexibility index (Phi) is 3.72. The van der Waals surface area contributed by atoms with E-state index in [9.17, 15) is 14.7 Å². The molecule has 0 amide bonds. The van der Waals surface area contributed by atoms with Gasteiger partial charge in [-0.05, 0) is 0 Å². The summed E-state index contributed by atoms with van der Waals surface area (Å²) in [6, 6.07) is -3.29. The number of aliphatic hydroxyl groups excluding tert-OH is 1. The average Bonchev–Trinajstić information content (AvgIpc) is 2.26. The van der Waals surface area contributed by atoms with E-state index >= 15 is 0 Å². The summed E-state index contributed by atoms with van der Waals surface area (Å²) in [6.45, 7) is -0.578. The maximum absolute atomic E-state index is 10.4. The fourth-order valence-electron chi connectivity index (χ4n) is 1.38. The van der Waals surface area contributed by atoms with Gasteiger partial charge in [0.15, 0.2) is 0 Å². The van der Waals surface area contributed by atoms with Crippen LogP contribution in [0.25, 0.3) is 0 Å². The van der Waals surface area contributed by atoms with Crippen LogP contribution in [0.15, 0.2) is 15.5 Å². The highest BCUT2D eigenvalue weighted by Crippen LogP contribution is 2.22. The Morgan fingerprint density at radius 1 is 1.14 bits per heavy atom. The molecule has 0 bridgehead atoms. The monoisotopic (exact) mass is 203 g/mol. The van der Waals surface area contributed by atoms with Crippen LogP contribution < -0.4 is 0 Å². The largest absolute Gasteiger partial charge is 0.394 e. The minimum absolute atomic E-state index is 0.128. The zero-order valence-electron chi connectivity index (χ0n) is 7.15. The molecule has 0 aliphatic carbocycles. The van der Waals surface area contributed by atoms with E-state index in [0.29, 0.717) is 0 Å². The number of nitroso groups, excluding NO2 is 3. The lowest BCUT2D eigenvalue weighted by molar-refractivity contribution is -0.0451. The molecule has 0 radical (unpaired) electrons. The van der Waals surface area contributed by atoms with E-state index < -0.39 is 30.8 Å². The van der Waals surface area contributed by atoms with Gasteiger partial charge in [0.2, 0.25) is 0 Å². The number of nitrogens with zero attached hydrogens (tertiary/aromatic N) is 3. The molecule has 0 aromatic heterocycles. The summed E-state index contributed by atoms with van der Waals surface area (Å²) in [5, 5.41) is 16.7. The number of hydrogen-bond donors (Lipinski definition) is 1. The molecule has 4 atom stereocenters. The van der Waals surface area contributed by atoms with Crippen LogP contribution in [0, 0.1) is 14.7 Å². The summed E-state index contributed by atoms with van der Waals surface area (Å²) in [5.74, 6) is 0. The molecular weight excluding hydrogens is 194 g/mol. The second-order valence-corrected chi connectivity index (χ2v) is 2.92. The molecule has 1 saturated heterocycles. The lowest BCUT2D eigenvalue weighted by atomic mass is 9.95. The number of aliphatic hydroxyl groups is 1. The maximum atomic E-state index is 10.4. The second-order valence-electron chi connectivity index (χ2n) is 2.92. The third kappa shape index (κ3) is 1.80. The minimum Gasteiger partial charge on any atom is -0.394 e. The van der Waals surface area contributed by atoms with Crippen LogP contribution in [-0.2, 0) is 4.74 Å². The first kappa shape index (κ1) is 10.8. The molecule has 1 rings (SSSR count). The molecule has 8 nitrogen and oxygen atoms in total. The molecular formula is C6H9N3O5. The summed E-state index contributed by atoms with van der Waals surface area (Å²) in [5.41, 5.74) is 0. The van der Waals surface area contributed by atoms with E-state index in [1.165, 1.54) is 0 Å².